The van der Waals surface area contributed by atoms with Crippen LogP contribution in [0, 0.1) is 0 Å². The highest BCUT2D eigenvalue weighted by Crippen LogP contribution is 2.30. The monoisotopic (exact) mass is 222 g/mol. The number of aliphatic hydroxyl groups is 1. The van der Waals surface area contributed by atoms with Gasteiger partial charge in [0, 0.05) is 19.8 Å². The molecule has 2 rings (SSSR count). The molecule has 5 nitrogen and oxygen atoms in total. The van der Waals surface area contributed by atoms with Crippen LogP contribution in [0.25, 0.3) is 0 Å². The number of nitrogens with two attached hydrogens (primary N) is 1. The quantitative estimate of drug-likeness (QED) is 0.791. The third kappa shape index (κ3) is 2.41. The van der Waals surface area contributed by atoms with E-state index >= 15 is 0 Å². The van der Waals surface area contributed by atoms with Gasteiger partial charge < -0.3 is 15.7 Å². The first kappa shape index (κ1) is 11.1. The molecule has 88 valence electrons. The van der Waals surface area contributed by atoms with E-state index in [-0.39, 0.29) is 5.95 Å². The van der Waals surface area contributed by atoms with Gasteiger partial charge in [-0.25, -0.2) is 4.98 Å². The zero-order valence-electron chi connectivity index (χ0n) is 9.56. The Hall–Kier alpha value is -1.36. The summed E-state index contributed by atoms with van der Waals surface area (Å²) in [5, 5.41) is 10.3. The van der Waals surface area contributed by atoms with Crippen molar-refractivity contribution in [1.82, 2.24) is 9.97 Å². The van der Waals surface area contributed by atoms with E-state index in [1.807, 2.05) is 11.9 Å². The third-order valence-corrected chi connectivity index (χ3v) is 3.12. The first-order valence-corrected chi connectivity index (χ1v) is 5.61. The van der Waals surface area contributed by atoms with Crippen LogP contribution in [0.5, 0.6) is 0 Å². The summed E-state index contributed by atoms with van der Waals surface area (Å²) >= 11 is 0. The molecule has 0 amide bonds. The minimum absolute atomic E-state index is 0.266. The highest BCUT2D eigenvalue weighted by Gasteiger charge is 2.32. The summed E-state index contributed by atoms with van der Waals surface area (Å²) in [7, 11) is 1.91. The lowest BCUT2D eigenvalue weighted by Crippen LogP contribution is -2.39. The van der Waals surface area contributed by atoms with Crippen molar-refractivity contribution in [2.75, 3.05) is 24.2 Å². The minimum atomic E-state index is -0.561. The molecule has 0 saturated heterocycles. The van der Waals surface area contributed by atoms with Gasteiger partial charge in [0.1, 0.15) is 5.82 Å². The Labute approximate surface area is 95.3 Å². The van der Waals surface area contributed by atoms with Crippen LogP contribution in [-0.4, -0.2) is 34.3 Å². The molecule has 1 aliphatic carbocycles. The summed E-state index contributed by atoms with van der Waals surface area (Å²) in [5.74, 6) is 1.02. The Kier molecular flexibility index (Phi) is 2.96. The molecule has 16 heavy (non-hydrogen) atoms. The van der Waals surface area contributed by atoms with Crippen molar-refractivity contribution in [3.63, 3.8) is 0 Å². The maximum atomic E-state index is 10.3. The average Bonchev–Trinajstić information content (AvgIpc) is 2.65. The molecule has 1 aromatic rings. The normalized spacial score (nSPS) is 18.6. The van der Waals surface area contributed by atoms with E-state index in [2.05, 4.69) is 9.97 Å². The number of anilines is 2. The number of likely N-dealkylation sites (N-methyl/N-ethyl adjacent to an activating group) is 1. The van der Waals surface area contributed by atoms with Gasteiger partial charge in [-0.2, -0.15) is 4.98 Å². The van der Waals surface area contributed by atoms with Gasteiger partial charge >= 0.3 is 0 Å². The predicted octanol–water partition coefficient (Wildman–Crippen LogP) is 0.800. The van der Waals surface area contributed by atoms with Crippen LogP contribution in [0.2, 0.25) is 0 Å². The maximum Gasteiger partial charge on any atom is 0.221 e. The Morgan fingerprint density at radius 3 is 2.81 bits per heavy atom. The number of rotatable bonds is 3. The fraction of sp³-hybridized carbons (Fsp3) is 0.636. The summed E-state index contributed by atoms with van der Waals surface area (Å²) in [6.45, 7) is 0.601. The van der Waals surface area contributed by atoms with E-state index in [0.717, 1.165) is 31.5 Å². The van der Waals surface area contributed by atoms with Crippen LogP contribution >= 0.6 is 0 Å². The van der Waals surface area contributed by atoms with Crippen LogP contribution < -0.4 is 10.6 Å². The van der Waals surface area contributed by atoms with Crippen LogP contribution in [0.1, 0.15) is 25.7 Å². The van der Waals surface area contributed by atoms with E-state index < -0.39 is 5.60 Å². The summed E-state index contributed by atoms with van der Waals surface area (Å²) < 4.78 is 0. The molecule has 1 saturated carbocycles. The van der Waals surface area contributed by atoms with Crippen molar-refractivity contribution < 1.29 is 5.11 Å². The lowest BCUT2D eigenvalue weighted by molar-refractivity contribution is 0.0558. The topological polar surface area (TPSA) is 75.3 Å². The number of nitrogens with zero attached hydrogens (tertiary/aromatic N) is 3. The first-order valence-electron chi connectivity index (χ1n) is 5.61. The first-order chi connectivity index (χ1) is 7.59. The van der Waals surface area contributed by atoms with E-state index in [1.165, 1.54) is 0 Å². The van der Waals surface area contributed by atoms with Crippen molar-refractivity contribution in [2.45, 2.75) is 31.3 Å². The largest absolute Gasteiger partial charge is 0.388 e. The van der Waals surface area contributed by atoms with Crippen LogP contribution in [0.15, 0.2) is 12.3 Å². The summed E-state index contributed by atoms with van der Waals surface area (Å²) in [4.78, 5) is 9.91. The Morgan fingerprint density at radius 1 is 1.50 bits per heavy atom. The molecule has 3 N–H and O–H groups in total. The molecule has 0 aliphatic heterocycles. The van der Waals surface area contributed by atoms with Crippen LogP contribution in [0.4, 0.5) is 11.8 Å². The fourth-order valence-corrected chi connectivity index (χ4v) is 2.29. The second-order valence-electron chi connectivity index (χ2n) is 4.56. The molecule has 1 aromatic heterocycles. The molecule has 0 radical (unpaired) electrons. The van der Waals surface area contributed by atoms with Gasteiger partial charge in [0.2, 0.25) is 5.95 Å². The lowest BCUT2D eigenvalue weighted by atomic mass is 10.0. The number of aromatic nitrogens is 2. The van der Waals surface area contributed by atoms with Gasteiger partial charge in [-0.3, -0.25) is 0 Å². The van der Waals surface area contributed by atoms with Crippen molar-refractivity contribution in [2.24, 2.45) is 0 Å². The minimum Gasteiger partial charge on any atom is -0.388 e. The van der Waals surface area contributed by atoms with Crippen molar-refractivity contribution >= 4 is 11.8 Å². The third-order valence-electron chi connectivity index (χ3n) is 3.12. The standard InChI is InChI=1S/C11H18N4O/c1-15(8-11(16)5-2-3-6-11)9-4-7-13-10(12)14-9/h4,7,16H,2-3,5-6,8H2,1H3,(H2,12,13,14). The van der Waals surface area contributed by atoms with Crippen molar-refractivity contribution in [1.29, 1.82) is 0 Å². The van der Waals surface area contributed by atoms with Gasteiger partial charge in [-0.15, -0.1) is 0 Å². The van der Waals surface area contributed by atoms with Gasteiger partial charge in [-0.05, 0) is 18.9 Å². The molecule has 0 unspecified atom stereocenters. The zero-order chi connectivity index (χ0) is 11.6. The maximum absolute atomic E-state index is 10.3. The zero-order valence-corrected chi connectivity index (χ0v) is 9.56. The molecule has 0 atom stereocenters. The number of hydrogen-bond donors (Lipinski definition) is 2. The van der Waals surface area contributed by atoms with Crippen molar-refractivity contribution in [3.8, 4) is 0 Å². The molecule has 0 bridgehead atoms. The molecular weight excluding hydrogens is 204 g/mol. The SMILES string of the molecule is CN(CC1(O)CCCC1)c1ccnc(N)n1. The number of nitrogen functional groups attached to an aromatic ring is 1. The molecule has 1 aliphatic rings. The molecule has 1 heterocycles. The van der Waals surface area contributed by atoms with Gasteiger partial charge in [0.25, 0.3) is 0 Å². The average molecular weight is 222 g/mol. The smallest absolute Gasteiger partial charge is 0.221 e. The Balaban J connectivity index is 2.05. The van der Waals surface area contributed by atoms with E-state index in [9.17, 15) is 5.11 Å². The Bertz CT molecular complexity index is 363. The van der Waals surface area contributed by atoms with E-state index in [0.29, 0.717) is 6.54 Å². The summed E-state index contributed by atoms with van der Waals surface area (Å²) in [6.07, 6.45) is 5.59. The molecule has 0 spiro atoms. The molecule has 0 aromatic carbocycles. The molecular formula is C11H18N4O. The highest BCUT2D eigenvalue weighted by molar-refractivity contribution is 5.40. The van der Waals surface area contributed by atoms with Crippen molar-refractivity contribution in [3.05, 3.63) is 12.3 Å². The van der Waals surface area contributed by atoms with Gasteiger partial charge in [0.15, 0.2) is 0 Å². The van der Waals surface area contributed by atoms with Crippen LogP contribution in [-0.2, 0) is 0 Å². The summed E-state index contributed by atoms with van der Waals surface area (Å²) in [6, 6.07) is 1.80. The van der Waals surface area contributed by atoms with Gasteiger partial charge in [-0.1, -0.05) is 12.8 Å². The second kappa shape index (κ2) is 4.25. The van der Waals surface area contributed by atoms with Gasteiger partial charge in [0.05, 0.1) is 5.60 Å². The summed E-state index contributed by atoms with van der Waals surface area (Å²) in [5.41, 5.74) is 4.97. The molecule has 5 heteroatoms. The highest BCUT2D eigenvalue weighted by atomic mass is 16.3. The lowest BCUT2D eigenvalue weighted by Gasteiger charge is -2.29. The Morgan fingerprint density at radius 2 is 2.19 bits per heavy atom. The van der Waals surface area contributed by atoms with Crippen LogP contribution in [0.3, 0.4) is 0 Å². The number of hydrogen-bond acceptors (Lipinski definition) is 5. The molecule has 1 fully saturated rings. The van der Waals surface area contributed by atoms with E-state index in [4.69, 9.17) is 5.73 Å². The second-order valence-corrected chi connectivity index (χ2v) is 4.56. The predicted molar refractivity (Wildman–Crippen MR) is 63.1 cm³/mol. The fourth-order valence-electron chi connectivity index (χ4n) is 2.29. The van der Waals surface area contributed by atoms with E-state index in [1.54, 1.807) is 12.3 Å².